The second-order valence-corrected chi connectivity index (χ2v) is 2.97. The van der Waals surface area contributed by atoms with Crippen molar-refractivity contribution in [3.8, 4) is 12.1 Å². The van der Waals surface area contributed by atoms with Crippen LogP contribution in [0, 0.1) is 48.8 Å². The Hall–Kier alpha value is -2.74. The highest BCUT2D eigenvalue weighted by Gasteiger charge is 2.54. The van der Waals surface area contributed by atoms with Crippen LogP contribution in [0.15, 0.2) is 23.8 Å². The Balaban J connectivity index is 3.36. The fourth-order valence-electron chi connectivity index (χ4n) is 1.22. The first-order valence-corrected chi connectivity index (χ1v) is 3.98. The molecular weight excluding hydrogens is 216 g/mol. The molecule has 0 saturated carbocycles. The molecule has 0 saturated heterocycles. The van der Waals surface area contributed by atoms with Crippen molar-refractivity contribution in [2.24, 2.45) is 5.92 Å². The number of rotatable bonds is 2. The molecule has 8 nitrogen and oxygen atoms in total. The average molecular weight is 220 g/mol. The minimum Gasteiger partial charge on any atom is -0.258 e. The maximum Gasteiger partial charge on any atom is 0.498 e. The highest BCUT2D eigenvalue weighted by molar-refractivity contribution is 5.39. The van der Waals surface area contributed by atoms with Crippen molar-refractivity contribution in [2.75, 3.05) is 0 Å². The molecular formula is C8H4N4O4. The Morgan fingerprint density at radius 1 is 1.31 bits per heavy atom. The van der Waals surface area contributed by atoms with Gasteiger partial charge in [-0.2, -0.15) is 10.5 Å². The van der Waals surface area contributed by atoms with Gasteiger partial charge in [0.2, 0.25) is 0 Å². The Morgan fingerprint density at radius 3 is 2.25 bits per heavy atom. The monoisotopic (exact) mass is 220 g/mol. The van der Waals surface area contributed by atoms with Gasteiger partial charge < -0.3 is 0 Å². The summed E-state index contributed by atoms with van der Waals surface area (Å²) >= 11 is 0. The van der Waals surface area contributed by atoms with Crippen LogP contribution in [0.1, 0.15) is 0 Å². The van der Waals surface area contributed by atoms with Crippen molar-refractivity contribution in [1.82, 2.24) is 0 Å². The van der Waals surface area contributed by atoms with Gasteiger partial charge >= 0.3 is 5.66 Å². The molecule has 0 aliphatic heterocycles. The van der Waals surface area contributed by atoms with Crippen LogP contribution in [0.5, 0.6) is 0 Å². The smallest absolute Gasteiger partial charge is 0.258 e. The zero-order valence-electron chi connectivity index (χ0n) is 7.73. The van der Waals surface area contributed by atoms with Crippen molar-refractivity contribution in [2.45, 2.75) is 5.66 Å². The van der Waals surface area contributed by atoms with E-state index in [4.69, 9.17) is 10.5 Å². The van der Waals surface area contributed by atoms with Gasteiger partial charge in [0.1, 0.15) is 15.8 Å². The lowest BCUT2D eigenvalue weighted by Crippen LogP contribution is -2.44. The fraction of sp³-hybridized carbons (Fsp3) is 0.250. The molecule has 0 bridgehead atoms. The lowest BCUT2D eigenvalue weighted by molar-refractivity contribution is -0.765. The van der Waals surface area contributed by atoms with Gasteiger partial charge in [-0.15, -0.1) is 0 Å². The molecule has 0 aromatic rings. The van der Waals surface area contributed by atoms with E-state index in [0.29, 0.717) is 12.2 Å². The zero-order valence-corrected chi connectivity index (χ0v) is 7.73. The van der Waals surface area contributed by atoms with Crippen molar-refractivity contribution in [1.29, 1.82) is 10.5 Å². The maximum atomic E-state index is 10.6. The number of hydrogen-bond donors (Lipinski definition) is 0. The summed E-state index contributed by atoms with van der Waals surface area (Å²) in [6, 6.07) is 3.25. The van der Waals surface area contributed by atoms with Crippen molar-refractivity contribution >= 4 is 0 Å². The Labute approximate surface area is 89.0 Å². The number of allylic oxidation sites excluding steroid dienone is 2. The molecule has 0 aromatic heterocycles. The van der Waals surface area contributed by atoms with Gasteiger partial charge in [-0.25, -0.2) is 0 Å². The Kier molecular flexibility index (Phi) is 2.68. The third-order valence-electron chi connectivity index (χ3n) is 2.09. The average Bonchev–Trinajstić information content (AvgIpc) is 2.27. The summed E-state index contributed by atoms with van der Waals surface area (Å²) in [5.74, 6) is -0.974. The summed E-state index contributed by atoms with van der Waals surface area (Å²) in [6.45, 7) is 0. The van der Waals surface area contributed by atoms with Crippen LogP contribution in [0.3, 0.4) is 0 Å². The van der Waals surface area contributed by atoms with E-state index in [1.807, 2.05) is 0 Å². The van der Waals surface area contributed by atoms with Crippen molar-refractivity contribution in [3.63, 3.8) is 0 Å². The molecule has 80 valence electrons. The van der Waals surface area contributed by atoms with Gasteiger partial charge in [-0.3, -0.25) is 20.2 Å². The second kappa shape index (κ2) is 3.79. The third-order valence-corrected chi connectivity index (χ3v) is 2.09. The maximum absolute atomic E-state index is 10.6. The lowest BCUT2D eigenvalue weighted by atomic mass is 9.90. The van der Waals surface area contributed by atoms with E-state index in [9.17, 15) is 20.2 Å². The predicted molar refractivity (Wildman–Crippen MR) is 48.7 cm³/mol. The molecule has 16 heavy (non-hydrogen) atoms. The van der Waals surface area contributed by atoms with Crippen LogP contribution < -0.4 is 0 Å². The summed E-state index contributed by atoms with van der Waals surface area (Å²) in [7, 11) is 0. The standard InChI is InChI=1S/C8H4N4O4/c9-4-6-1-2-8(11(13)14,12(15)16)3-7(6)5-10/h1-3,6H. The molecule has 0 spiro atoms. The molecule has 0 amide bonds. The van der Waals surface area contributed by atoms with Crippen LogP contribution in [-0.2, 0) is 0 Å². The summed E-state index contributed by atoms with van der Waals surface area (Å²) in [5.41, 5.74) is -2.93. The molecule has 0 fully saturated rings. The van der Waals surface area contributed by atoms with Crippen molar-refractivity contribution < 1.29 is 9.85 Å². The van der Waals surface area contributed by atoms with E-state index in [1.54, 1.807) is 12.1 Å². The Bertz CT molecular complexity index is 479. The molecule has 1 aliphatic carbocycles. The normalized spacial score (nSPS) is 21.4. The van der Waals surface area contributed by atoms with E-state index >= 15 is 0 Å². The second-order valence-electron chi connectivity index (χ2n) is 2.97. The van der Waals surface area contributed by atoms with E-state index in [-0.39, 0.29) is 5.57 Å². The van der Waals surface area contributed by atoms with Crippen LogP contribution in [0.4, 0.5) is 0 Å². The van der Waals surface area contributed by atoms with Gasteiger partial charge in [0.05, 0.1) is 29.9 Å². The first-order valence-electron chi connectivity index (χ1n) is 3.98. The molecule has 0 N–H and O–H groups in total. The van der Waals surface area contributed by atoms with Crippen LogP contribution in [0.2, 0.25) is 0 Å². The first-order chi connectivity index (χ1) is 7.47. The largest absolute Gasteiger partial charge is 0.498 e. The number of nitriles is 2. The van der Waals surface area contributed by atoms with Gasteiger partial charge in [0.25, 0.3) is 0 Å². The minimum absolute atomic E-state index is 0.293. The molecule has 0 aromatic carbocycles. The van der Waals surface area contributed by atoms with Crippen molar-refractivity contribution in [3.05, 3.63) is 44.0 Å². The lowest BCUT2D eigenvalue weighted by Gasteiger charge is -2.15. The Morgan fingerprint density at radius 2 is 1.88 bits per heavy atom. The van der Waals surface area contributed by atoms with Gasteiger partial charge in [-0.1, -0.05) is 6.08 Å². The topological polar surface area (TPSA) is 134 Å². The van der Waals surface area contributed by atoms with E-state index in [1.165, 1.54) is 0 Å². The molecule has 1 atom stereocenters. The molecule has 8 heteroatoms. The van der Waals surface area contributed by atoms with E-state index in [0.717, 1.165) is 6.08 Å². The molecule has 1 rings (SSSR count). The zero-order chi connectivity index (χ0) is 12.3. The van der Waals surface area contributed by atoms with E-state index in [2.05, 4.69) is 0 Å². The SMILES string of the molecule is N#CC1=CC([N+](=O)[O-])([N+](=O)[O-])C=CC1C#N. The molecule has 1 unspecified atom stereocenters. The molecule has 0 heterocycles. The number of nitro groups is 2. The summed E-state index contributed by atoms with van der Waals surface area (Å²) in [5, 5.41) is 38.5. The first kappa shape index (κ1) is 11.3. The predicted octanol–water partition coefficient (Wildman–Crippen LogP) is 0.396. The highest BCUT2D eigenvalue weighted by Crippen LogP contribution is 2.27. The third kappa shape index (κ3) is 1.48. The molecule has 0 radical (unpaired) electrons. The minimum atomic E-state index is -2.64. The van der Waals surface area contributed by atoms with Gasteiger partial charge in [-0.05, 0) is 0 Å². The summed E-state index contributed by atoms with van der Waals surface area (Å²) in [4.78, 5) is 19.1. The molecule has 1 aliphatic rings. The van der Waals surface area contributed by atoms with Crippen LogP contribution >= 0.6 is 0 Å². The number of nitrogens with zero attached hydrogens (tertiary/aromatic N) is 4. The van der Waals surface area contributed by atoms with Gasteiger partial charge in [0.15, 0.2) is 0 Å². The highest BCUT2D eigenvalue weighted by atomic mass is 16.7. The summed E-state index contributed by atoms with van der Waals surface area (Å²) in [6.07, 6.45) is 2.30. The van der Waals surface area contributed by atoms with E-state index < -0.39 is 21.4 Å². The fourth-order valence-corrected chi connectivity index (χ4v) is 1.22. The van der Waals surface area contributed by atoms with Gasteiger partial charge in [0, 0.05) is 0 Å². The summed E-state index contributed by atoms with van der Waals surface area (Å²) < 4.78 is 0. The number of hydrogen-bond acceptors (Lipinski definition) is 6. The quantitative estimate of drug-likeness (QED) is 0.286. The van der Waals surface area contributed by atoms with Crippen LogP contribution in [0.25, 0.3) is 0 Å². The van der Waals surface area contributed by atoms with Crippen LogP contribution in [-0.4, -0.2) is 15.5 Å².